The van der Waals surface area contributed by atoms with Gasteiger partial charge in [-0.1, -0.05) is 60.7 Å². The van der Waals surface area contributed by atoms with E-state index < -0.39 is 12.1 Å². The Morgan fingerprint density at radius 2 is 1.74 bits per heavy atom. The third-order valence-electron chi connectivity index (χ3n) is 5.69. The van der Waals surface area contributed by atoms with Crippen LogP contribution in [-0.4, -0.2) is 23.0 Å². The van der Waals surface area contributed by atoms with E-state index in [-0.39, 0.29) is 18.6 Å². The molecule has 3 aromatic carbocycles. The second-order valence-corrected chi connectivity index (χ2v) is 8.22. The van der Waals surface area contributed by atoms with E-state index in [0.717, 1.165) is 27.6 Å². The third kappa shape index (κ3) is 5.75. The molecule has 0 bridgehead atoms. The molecular formula is C27H28N4O3. The standard InChI is InChI=1S/C27H28N4O3/c1-18(20-9-3-2-4-10-20)30-26(32)25(15-21-16-29-24-13-6-5-12-23(21)24)31-27(33)34-17-19-8-7-11-22(28)14-19/h2-14,16,18,25,29H,15,17,28H2,1H3,(H,30,32)(H,31,33)/t18-,25+/m0/s1. The summed E-state index contributed by atoms with van der Waals surface area (Å²) < 4.78 is 5.37. The Morgan fingerprint density at radius 1 is 0.971 bits per heavy atom. The number of aromatic nitrogens is 1. The highest BCUT2D eigenvalue weighted by atomic mass is 16.5. The molecule has 0 spiro atoms. The van der Waals surface area contributed by atoms with Gasteiger partial charge in [0.1, 0.15) is 12.6 Å². The number of hydrogen-bond acceptors (Lipinski definition) is 4. The van der Waals surface area contributed by atoms with Crippen LogP contribution in [0.2, 0.25) is 0 Å². The number of nitrogens with one attached hydrogen (secondary N) is 3. The second kappa shape index (κ2) is 10.6. The minimum atomic E-state index is -0.821. The van der Waals surface area contributed by atoms with E-state index in [1.165, 1.54) is 0 Å². The molecule has 5 N–H and O–H groups in total. The molecule has 7 heteroatoms. The Hall–Kier alpha value is -4.26. The van der Waals surface area contributed by atoms with Crippen LogP contribution in [0.4, 0.5) is 10.5 Å². The topological polar surface area (TPSA) is 109 Å². The number of nitrogen functional groups attached to an aromatic ring is 1. The maximum atomic E-state index is 13.2. The molecule has 0 aliphatic heterocycles. The first-order chi connectivity index (χ1) is 16.5. The van der Waals surface area contributed by atoms with Gasteiger partial charge in [-0.15, -0.1) is 0 Å². The Balaban J connectivity index is 1.48. The molecule has 2 amide bonds. The number of anilines is 1. The molecule has 34 heavy (non-hydrogen) atoms. The normalized spacial score (nSPS) is 12.6. The molecule has 0 unspecified atom stereocenters. The van der Waals surface area contributed by atoms with Gasteiger partial charge in [-0.05, 0) is 41.8 Å². The van der Waals surface area contributed by atoms with Gasteiger partial charge in [0.2, 0.25) is 5.91 Å². The molecule has 2 atom stereocenters. The van der Waals surface area contributed by atoms with Crippen molar-refractivity contribution in [3.05, 3.63) is 102 Å². The van der Waals surface area contributed by atoms with E-state index in [0.29, 0.717) is 12.1 Å². The number of benzene rings is 3. The molecule has 7 nitrogen and oxygen atoms in total. The number of aromatic amines is 1. The number of H-pyrrole nitrogens is 1. The Kier molecular flexibility index (Phi) is 7.13. The quantitative estimate of drug-likeness (QED) is 0.293. The summed E-state index contributed by atoms with van der Waals surface area (Å²) in [7, 11) is 0. The van der Waals surface area contributed by atoms with Crippen LogP contribution in [0.25, 0.3) is 10.9 Å². The second-order valence-electron chi connectivity index (χ2n) is 8.22. The van der Waals surface area contributed by atoms with E-state index in [4.69, 9.17) is 10.5 Å². The number of rotatable bonds is 8. The fraction of sp³-hybridized carbons (Fsp3) is 0.185. The summed E-state index contributed by atoms with van der Waals surface area (Å²) in [5.41, 5.74) is 10.0. The number of para-hydroxylation sites is 1. The zero-order valence-corrected chi connectivity index (χ0v) is 19.0. The molecule has 0 aliphatic carbocycles. The van der Waals surface area contributed by atoms with Crippen LogP contribution in [0.5, 0.6) is 0 Å². The number of carbonyl (C=O) groups excluding carboxylic acids is 2. The number of ether oxygens (including phenoxy) is 1. The van der Waals surface area contributed by atoms with Crippen LogP contribution in [-0.2, 0) is 22.6 Å². The van der Waals surface area contributed by atoms with Crippen LogP contribution in [0, 0.1) is 0 Å². The summed E-state index contributed by atoms with van der Waals surface area (Å²) in [6.07, 6.45) is 1.51. The SMILES string of the molecule is C[C@H](NC(=O)[C@@H](Cc1c[nH]c2ccccc12)NC(=O)OCc1cccc(N)c1)c1ccccc1. The van der Waals surface area contributed by atoms with Crippen molar-refractivity contribution < 1.29 is 14.3 Å². The molecule has 174 valence electrons. The number of fused-ring (bicyclic) bond motifs is 1. The van der Waals surface area contributed by atoms with Crippen molar-refractivity contribution in [3.8, 4) is 0 Å². The van der Waals surface area contributed by atoms with Gasteiger partial charge in [0, 0.05) is 29.2 Å². The van der Waals surface area contributed by atoms with Gasteiger partial charge < -0.3 is 26.1 Å². The monoisotopic (exact) mass is 456 g/mol. The number of carbonyl (C=O) groups is 2. The van der Waals surface area contributed by atoms with Gasteiger partial charge >= 0.3 is 6.09 Å². The summed E-state index contributed by atoms with van der Waals surface area (Å²) in [6, 6.07) is 23.6. The lowest BCUT2D eigenvalue weighted by atomic mass is 10.0. The highest BCUT2D eigenvalue weighted by Crippen LogP contribution is 2.20. The van der Waals surface area contributed by atoms with E-state index >= 15 is 0 Å². The van der Waals surface area contributed by atoms with Gasteiger partial charge in [0.05, 0.1) is 6.04 Å². The predicted octanol–water partition coefficient (Wildman–Crippen LogP) is 4.47. The van der Waals surface area contributed by atoms with Crippen LogP contribution < -0.4 is 16.4 Å². The minimum Gasteiger partial charge on any atom is -0.445 e. The summed E-state index contributed by atoms with van der Waals surface area (Å²) in [5.74, 6) is -0.289. The van der Waals surface area contributed by atoms with E-state index in [1.54, 1.807) is 18.2 Å². The third-order valence-corrected chi connectivity index (χ3v) is 5.69. The maximum absolute atomic E-state index is 13.2. The largest absolute Gasteiger partial charge is 0.445 e. The Bertz CT molecular complexity index is 1270. The van der Waals surface area contributed by atoms with Crippen LogP contribution in [0.3, 0.4) is 0 Å². The highest BCUT2D eigenvalue weighted by Gasteiger charge is 2.25. The number of hydrogen-bond donors (Lipinski definition) is 4. The van der Waals surface area contributed by atoms with Gasteiger partial charge in [-0.2, -0.15) is 0 Å². The summed E-state index contributed by atoms with van der Waals surface area (Å²) in [4.78, 5) is 29.1. The maximum Gasteiger partial charge on any atom is 0.408 e. The lowest BCUT2D eigenvalue weighted by molar-refractivity contribution is -0.123. The lowest BCUT2D eigenvalue weighted by Crippen LogP contribution is -2.48. The van der Waals surface area contributed by atoms with Gasteiger partial charge in [-0.25, -0.2) is 4.79 Å². The fourth-order valence-electron chi connectivity index (χ4n) is 3.88. The number of nitrogens with two attached hydrogens (primary N) is 1. The molecule has 4 rings (SSSR count). The van der Waals surface area contributed by atoms with Crippen molar-refractivity contribution in [2.24, 2.45) is 0 Å². The molecule has 0 radical (unpaired) electrons. The molecule has 4 aromatic rings. The van der Waals surface area contributed by atoms with E-state index in [9.17, 15) is 9.59 Å². The molecule has 0 saturated carbocycles. The molecule has 0 saturated heterocycles. The minimum absolute atomic E-state index is 0.0543. The molecule has 1 aromatic heterocycles. The zero-order valence-electron chi connectivity index (χ0n) is 19.0. The number of alkyl carbamates (subject to hydrolysis) is 1. The molecule has 0 fully saturated rings. The summed E-state index contributed by atoms with van der Waals surface area (Å²) in [5, 5.41) is 6.76. The van der Waals surface area contributed by atoms with E-state index in [1.807, 2.05) is 73.8 Å². The van der Waals surface area contributed by atoms with Crippen LogP contribution in [0.1, 0.15) is 29.7 Å². The Morgan fingerprint density at radius 3 is 2.53 bits per heavy atom. The van der Waals surface area contributed by atoms with Gasteiger partial charge in [0.25, 0.3) is 0 Å². The van der Waals surface area contributed by atoms with Crippen LogP contribution in [0.15, 0.2) is 85.1 Å². The zero-order chi connectivity index (χ0) is 23.9. The molecule has 0 aliphatic rings. The van der Waals surface area contributed by atoms with Crippen molar-refractivity contribution >= 4 is 28.6 Å². The fourth-order valence-corrected chi connectivity index (χ4v) is 3.88. The number of amides is 2. The van der Waals surface area contributed by atoms with Crippen molar-refractivity contribution in [2.45, 2.75) is 32.0 Å². The average Bonchev–Trinajstić information content (AvgIpc) is 3.26. The Labute approximate surface area is 198 Å². The highest BCUT2D eigenvalue weighted by molar-refractivity contribution is 5.88. The van der Waals surface area contributed by atoms with Crippen molar-refractivity contribution in [2.75, 3.05) is 5.73 Å². The first-order valence-electron chi connectivity index (χ1n) is 11.2. The van der Waals surface area contributed by atoms with Crippen molar-refractivity contribution in [3.63, 3.8) is 0 Å². The predicted molar refractivity (Wildman–Crippen MR) is 133 cm³/mol. The first-order valence-corrected chi connectivity index (χ1v) is 11.2. The van der Waals surface area contributed by atoms with Gasteiger partial charge in [-0.3, -0.25) is 4.79 Å². The summed E-state index contributed by atoms with van der Waals surface area (Å²) >= 11 is 0. The van der Waals surface area contributed by atoms with Gasteiger partial charge in [0.15, 0.2) is 0 Å². The lowest BCUT2D eigenvalue weighted by Gasteiger charge is -2.21. The van der Waals surface area contributed by atoms with E-state index in [2.05, 4.69) is 15.6 Å². The molecular weight excluding hydrogens is 428 g/mol. The van der Waals surface area contributed by atoms with Crippen LogP contribution >= 0.6 is 0 Å². The first kappa shape index (κ1) is 22.9. The molecule has 1 heterocycles. The van der Waals surface area contributed by atoms with Crippen molar-refractivity contribution in [1.29, 1.82) is 0 Å². The van der Waals surface area contributed by atoms with Crippen molar-refractivity contribution in [1.82, 2.24) is 15.6 Å². The smallest absolute Gasteiger partial charge is 0.408 e. The summed E-state index contributed by atoms with van der Waals surface area (Å²) in [6.45, 7) is 1.97. The average molecular weight is 457 g/mol.